The van der Waals surface area contributed by atoms with Crippen LogP contribution in [0.3, 0.4) is 0 Å². The molecule has 1 rings (SSSR count). The molecule has 0 bridgehead atoms. The van der Waals surface area contributed by atoms with Crippen molar-refractivity contribution in [2.75, 3.05) is 5.75 Å². The van der Waals surface area contributed by atoms with E-state index in [-0.39, 0.29) is 11.4 Å². The van der Waals surface area contributed by atoms with Crippen LogP contribution in [-0.2, 0) is 0 Å². The first-order chi connectivity index (χ1) is 8.50. The lowest BCUT2D eigenvalue weighted by Gasteiger charge is -2.25. The van der Waals surface area contributed by atoms with Crippen molar-refractivity contribution in [3.63, 3.8) is 0 Å². The molecule has 18 heavy (non-hydrogen) atoms. The van der Waals surface area contributed by atoms with E-state index in [0.717, 1.165) is 29.1 Å². The second kappa shape index (κ2) is 6.83. The lowest BCUT2D eigenvalue weighted by Crippen LogP contribution is -2.42. The highest BCUT2D eigenvalue weighted by Gasteiger charge is 2.20. The molecular weight excluding hydrogens is 242 g/mol. The van der Waals surface area contributed by atoms with Gasteiger partial charge in [-0.1, -0.05) is 26.0 Å². The molecule has 2 nitrogen and oxygen atoms in total. The topological polar surface area (TPSA) is 29.1 Å². The molecule has 1 amide bonds. The van der Waals surface area contributed by atoms with Crippen molar-refractivity contribution >= 4 is 17.7 Å². The second-order valence-electron chi connectivity index (χ2n) is 5.04. The van der Waals surface area contributed by atoms with Crippen LogP contribution in [0, 0.1) is 0 Å². The molecule has 0 atom stereocenters. The average Bonchev–Trinajstić information content (AvgIpc) is 2.36. The predicted octanol–water partition coefficient (Wildman–Crippen LogP) is 4.11. The van der Waals surface area contributed by atoms with Gasteiger partial charge in [-0.05, 0) is 44.6 Å². The fraction of sp³-hybridized carbons (Fsp3) is 0.533. The Morgan fingerprint density at radius 2 is 1.94 bits per heavy atom. The zero-order valence-corrected chi connectivity index (χ0v) is 12.6. The van der Waals surface area contributed by atoms with Crippen LogP contribution in [0.15, 0.2) is 29.2 Å². The van der Waals surface area contributed by atoms with Crippen LogP contribution in [0.4, 0.5) is 0 Å². The molecule has 0 radical (unpaired) electrons. The maximum absolute atomic E-state index is 12.3. The minimum atomic E-state index is -0.153. The first kappa shape index (κ1) is 15.1. The van der Waals surface area contributed by atoms with E-state index in [9.17, 15) is 4.79 Å². The van der Waals surface area contributed by atoms with Gasteiger partial charge in [0, 0.05) is 10.4 Å². The van der Waals surface area contributed by atoms with E-state index >= 15 is 0 Å². The lowest BCUT2D eigenvalue weighted by atomic mass is 10.0. The highest BCUT2D eigenvalue weighted by atomic mass is 32.2. The SMILES string of the molecule is CCCSc1ccccc1C(=O)NC(C)(C)CC. The quantitative estimate of drug-likeness (QED) is 0.784. The summed E-state index contributed by atoms with van der Waals surface area (Å²) in [7, 11) is 0. The summed E-state index contributed by atoms with van der Waals surface area (Å²) in [6, 6.07) is 7.83. The normalized spacial score (nSPS) is 11.3. The Balaban J connectivity index is 2.85. The van der Waals surface area contributed by atoms with Crippen LogP contribution in [0.2, 0.25) is 0 Å². The van der Waals surface area contributed by atoms with Gasteiger partial charge in [0.05, 0.1) is 5.56 Å². The molecule has 1 aromatic rings. The second-order valence-corrected chi connectivity index (χ2v) is 6.17. The predicted molar refractivity (Wildman–Crippen MR) is 79.3 cm³/mol. The van der Waals surface area contributed by atoms with Crippen molar-refractivity contribution in [3.05, 3.63) is 29.8 Å². The number of nitrogens with one attached hydrogen (secondary N) is 1. The monoisotopic (exact) mass is 265 g/mol. The molecule has 0 saturated carbocycles. The first-order valence-corrected chi connectivity index (χ1v) is 7.53. The first-order valence-electron chi connectivity index (χ1n) is 6.54. The van der Waals surface area contributed by atoms with Crippen LogP contribution < -0.4 is 5.32 Å². The Morgan fingerprint density at radius 3 is 2.56 bits per heavy atom. The average molecular weight is 265 g/mol. The number of carbonyl (C=O) groups excluding carboxylic acids is 1. The van der Waals surface area contributed by atoms with Gasteiger partial charge in [-0.15, -0.1) is 11.8 Å². The van der Waals surface area contributed by atoms with Crippen molar-refractivity contribution in [2.45, 2.75) is 51.0 Å². The van der Waals surface area contributed by atoms with Crippen LogP contribution in [0.5, 0.6) is 0 Å². The van der Waals surface area contributed by atoms with Crippen molar-refractivity contribution in [2.24, 2.45) is 0 Å². The summed E-state index contributed by atoms with van der Waals surface area (Å²) in [6.07, 6.45) is 2.03. The molecular formula is C15H23NOS. The van der Waals surface area contributed by atoms with E-state index in [0.29, 0.717) is 0 Å². The van der Waals surface area contributed by atoms with Gasteiger partial charge in [0.15, 0.2) is 0 Å². The summed E-state index contributed by atoms with van der Waals surface area (Å²) in [5.74, 6) is 1.07. The van der Waals surface area contributed by atoms with Crippen molar-refractivity contribution in [1.82, 2.24) is 5.32 Å². The van der Waals surface area contributed by atoms with Gasteiger partial charge in [0.25, 0.3) is 5.91 Å². The smallest absolute Gasteiger partial charge is 0.252 e. The zero-order valence-electron chi connectivity index (χ0n) is 11.7. The van der Waals surface area contributed by atoms with Gasteiger partial charge in [-0.2, -0.15) is 0 Å². The van der Waals surface area contributed by atoms with Crippen molar-refractivity contribution in [3.8, 4) is 0 Å². The number of carbonyl (C=O) groups is 1. The van der Waals surface area contributed by atoms with Crippen LogP contribution in [0.25, 0.3) is 0 Å². The minimum Gasteiger partial charge on any atom is -0.347 e. The van der Waals surface area contributed by atoms with Gasteiger partial charge in [-0.3, -0.25) is 4.79 Å². The number of thioether (sulfide) groups is 1. The largest absolute Gasteiger partial charge is 0.347 e. The van der Waals surface area contributed by atoms with Crippen molar-refractivity contribution in [1.29, 1.82) is 0 Å². The van der Waals surface area contributed by atoms with Gasteiger partial charge >= 0.3 is 0 Å². The molecule has 0 spiro atoms. The number of rotatable bonds is 6. The molecule has 0 heterocycles. The maximum atomic E-state index is 12.3. The number of benzene rings is 1. The summed E-state index contributed by atoms with van der Waals surface area (Å²) in [6.45, 7) is 8.33. The number of hydrogen-bond acceptors (Lipinski definition) is 2. The third-order valence-electron chi connectivity index (χ3n) is 2.93. The lowest BCUT2D eigenvalue weighted by molar-refractivity contribution is 0.0908. The fourth-order valence-corrected chi connectivity index (χ4v) is 2.37. The van der Waals surface area contributed by atoms with Crippen molar-refractivity contribution < 1.29 is 4.79 Å². The molecule has 0 unspecified atom stereocenters. The Kier molecular flexibility index (Phi) is 5.73. The van der Waals surface area contributed by atoms with Crippen LogP contribution in [0.1, 0.15) is 50.9 Å². The van der Waals surface area contributed by atoms with E-state index < -0.39 is 0 Å². The standard InChI is InChI=1S/C15H23NOS/c1-5-11-18-13-10-8-7-9-12(13)14(17)16-15(3,4)6-2/h7-10H,5-6,11H2,1-4H3,(H,16,17). The van der Waals surface area contributed by atoms with Gasteiger partial charge < -0.3 is 5.32 Å². The number of hydrogen-bond donors (Lipinski definition) is 1. The molecule has 1 aromatic carbocycles. The molecule has 0 aliphatic heterocycles. The highest BCUT2D eigenvalue weighted by Crippen LogP contribution is 2.23. The zero-order chi connectivity index (χ0) is 13.6. The molecule has 0 aromatic heterocycles. The number of amides is 1. The minimum absolute atomic E-state index is 0.0288. The van der Waals surface area contributed by atoms with Gasteiger partial charge in [0.1, 0.15) is 0 Å². The Hall–Kier alpha value is -0.960. The molecule has 0 aliphatic carbocycles. The van der Waals surface area contributed by atoms with E-state index in [1.165, 1.54) is 0 Å². The molecule has 100 valence electrons. The molecule has 1 N–H and O–H groups in total. The summed E-state index contributed by atoms with van der Waals surface area (Å²) in [5.41, 5.74) is 0.636. The van der Waals surface area contributed by atoms with Gasteiger partial charge in [-0.25, -0.2) is 0 Å². The van der Waals surface area contributed by atoms with E-state index in [4.69, 9.17) is 0 Å². The summed E-state index contributed by atoms with van der Waals surface area (Å²) >= 11 is 1.75. The van der Waals surface area contributed by atoms with Crippen LogP contribution in [-0.4, -0.2) is 17.2 Å². The Morgan fingerprint density at radius 1 is 1.28 bits per heavy atom. The highest BCUT2D eigenvalue weighted by molar-refractivity contribution is 7.99. The third-order valence-corrected chi connectivity index (χ3v) is 4.21. The summed E-state index contributed by atoms with van der Waals surface area (Å²) in [5, 5.41) is 3.09. The third kappa shape index (κ3) is 4.37. The van der Waals surface area contributed by atoms with E-state index in [2.05, 4.69) is 19.2 Å². The summed E-state index contributed by atoms with van der Waals surface area (Å²) in [4.78, 5) is 13.4. The summed E-state index contributed by atoms with van der Waals surface area (Å²) < 4.78 is 0. The van der Waals surface area contributed by atoms with Crippen LogP contribution >= 0.6 is 11.8 Å². The van der Waals surface area contributed by atoms with E-state index in [1.54, 1.807) is 11.8 Å². The Bertz CT molecular complexity index is 401. The molecule has 3 heteroatoms. The molecule has 0 saturated heterocycles. The fourth-order valence-electron chi connectivity index (χ4n) is 1.46. The molecule has 0 fully saturated rings. The Labute approximate surface area is 115 Å². The van der Waals surface area contributed by atoms with E-state index in [1.807, 2.05) is 38.1 Å². The maximum Gasteiger partial charge on any atom is 0.252 e. The molecule has 0 aliphatic rings. The van der Waals surface area contributed by atoms with Gasteiger partial charge in [0.2, 0.25) is 0 Å².